The molecule has 0 aliphatic carbocycles. The van der Waals surface area contributed by atoms with E-state index in [1.807, 2.05) is 71.6 Å². The van der Waals surface area contributed by atoms with Gasteiger partial charge in [-0.2, -0.15) is 0 Å². The molecule has 2 heterocycles. The third kappa shape index (κ3) is 3.34. The minimum Gasteiger partial charge on any atom is -0.324 e. The number of rotatable bonds is 4. The lowest BCUT2D eigenvalue weighted by Crippen LogP contribution is -2.11. The van der Waals surface area contributed by atoms with Crippen molar-refractivity contribution in [3.8, 4) is 16.3 Å². The number of benzene rings is 2. The molecule has 0 unspecified atom stereocenters. The number of carbonyl (C=O) groups is 1. The van der Waals surface area contributed by atoms with Crippen LogP contribution in [0.1, 0.15) is 10.4 Å². The van der Waals surface area contributed by atoms with Gasteiger partial charge in [-0.05, 0) is 36.4 Å². The number of hydrogen-bond acceptors (Lipinski definition) is 4. The number of nitrogens with zero attached hydrogens (tertiary/aromatic N) is 3. The molecular weight excluding hydrogens is 332 g/mol. The Balaban J connectivity index is 1.48. The number of aromatic nitrogens is 3. The molecule has 2 aromatic heterocycles. The summed E-state index contributed by atoms with van der Waals surface area (Å²) >= 11 is 1.35. The molecule has 0 aliphatic heterocycles. The van der Waals surface area contributed by atoms with E-state index in [0.717, 1.165) is 16.3 Å². The predicted octanol–water partition coefficient (Wildman–Crippen LogP) is 4.25. The molecule has 0 atom stereocenters. The highest BCUT2D eigenvalue weighted by Crippen LogP contribution is 2.26. The molecule has 4 rings (SSSR count). The fourth-order valence-electron chi connectivity index (χ4n) is 2.43. The van der Waals surface area contributed by atoms with Crippen LogP contribution in [0.4, 0.5) is 5.13 Å². The second-order valence-electron chi connectivity index (χ2n) is 5.37. The van der Waals surface area contributed by atoms with E-state index in [9.17, 15) is 4.79 Å². The Morgan fingerprint density at radius 2 is 1.60 bits per heavy atom. The van der Waals surface area contributed by atoms with Gasteiger partial charge in [0, 0.05) is 29.2 Å². The Morgan fingerprint density at radius 1 is 0.880 bits per heavy atom. The van der Waals surface area contributed by atoms with E-state index in [1.54, 1.807) is 12.1 Å². The van der Waals surface area contributed by atoms with Crippen LogP contribution in [0, 0.1) is 0 Å². The van der Waals surface area contributed by atoms with Crippen molar-refractivity contribution in [3.05, 3.63) is 84.7 Å². The molecule has 0 saturated heterocycles. The van der Waals surface area contributed by atoms with Crippen LogP contribution in [0.2, 0.25) is 0 Å². The molecule has 0 bridgehead atoms. The summed E-state index contributed by atoms with van der Waals surface area (Å²) in [5.74, 6) is -0.199. The fourth-order valence-corrected chi connectivity index (χ4v) is 3.18. The average Bonchev–Trinajstić information content (AvgIpc) is 3.35. The molecule has 1 amide bonds. The molecule has 6 heteroatoms. The second-order valence-corrected chi connectivity index (χ2v) is 6.35. The normalized spacial score (nSPS) is 10.6. The molecular formula is C19H14N4OS. The van der Waals surface area contributed by atoms with Gasteiger partial charge in [0.05, 0.1) is 0 Å². The Hall–Kier alpha value is -3.25. The lowest BCUT2D eigenvalue weighted by molar-refractivity contribution is 0.102. The van der Waals surface area contributed by atoms with Crippen LogP contribution in [0.25, 0.3) is 16.3 Å². The molecule has 122 valence electrons. The Morgan fingerprint density at radius 3 is 2.32 bits per heavy atom. The summed E-state index contributed by atoms with van der Waals surface area (Å²) in [5, 5.41) is 12.2. The van der Waals surface area contributed by atoms with Crippen LogP contribution in [0.5, 0.6) is 0 Å². The van der Waals surface area contributed by atoms with Crippen molar-refractivity contribution >= 4 is 22.4 Å². The van der Waals surface area contributed by atoms with E-state index in [1.165, 1.54) is 11.3 Å². The zero-order valence-corrected chi connectivity index (χ0v) is 14.0. The highest BCUT2D eigenvalue weighted by Gasteiger charge is 2.11. The first kappa shape index (κ1) is 15.3. The van der Waals surface area contributed by atoms with Gasteiger partial charge in [-0.15, -0.1) is 10.2 Å². The van der Waals surface area contributed by atoms with Crippen molar-refractivity contribution in [2.75, 3.05) is 5.32 Å². The molecule has 0 spiro atoms. The Kier molecular flexibility index (Phi) is 4.10. The van der Waals surface area contributed by atoms with Gasteiger partial charge >= 0.3 is 0 Å². The fraction of sp³-hybridized carbons (Fsp3) is 0. The second kappa shape index (κ2) is 6.70. The van der Waals surface area contributed by atoms with Crippen molar-refractivity contribution in [2.45, 2.75) is 0 Å². The van der Waals surface area contributed by atoms with Crippen molar-refractivity contribution in [3.63, 3.8) is 0 Å². The van der Waals surface area contributed by atoms with Gasteiger partial charge in [-0.25, -0.2) is 0 Å². The first-order valence-electron chi connectivity index (χ1n) is 7.73. The maximum Gasteiger partial charge on any atom is 0.257 e. The number of anilines is 1. The minimum atomic E-state index is -0.199. The quantitative estimate of drug-likeness (QED) is 0.601. The standard InChI is InChI=1S/C19H14N4OS/c24-17(14-8-10-16(11-9-14)23-12-4-5-13-23)20-19-22-21-18(25-19)15-6-2-1-3-7-15/h1-13H,(H,20,22,24). The number of hydrogen-bond donors (Lipinski definition) is 1. The summed E-state index contributed by atoms with van der Waals surface area (Å²) in [4.78, 5) is 12.4. The van der Waals surface area contributed by atoms with Crippen LogP contribution in [-0.4, -0.2) is 20.7 Å². The molecule has 0 saturated carbocycles. The molecule has 0 aliphatic rings. The first-order valence-corrected chi connectivity index (χ1v) is 8.55. The van der Waals surface area contributed by atoms with Gasteiger partial charge in [-0.1, -0.05) is 41.7 Å². The summed E-state index contributed by atoms with van der Waals surface area (Å²) in [6.07, 6.45) is 3.92. The van der Waals surface area contributed by atoms with Crippen molar-refractivity contribution in [1.82, 2.24) is 14.8 Å². The summed E-state index contributed by atoms with van der Waals surface area (Å²) in [6.45, 7) is 0. The topological polar surface area (TPSA) is 59.8 Å². The van der Waals surface area contributed by atoms with Crippen molar-refractivity contribution in [1.29, 1.82) is 0 Å². The number of carbonyl (C=O) groups excluding carboxylic acids is 1. The van der Waals surface area contributed by atoms with Crippen LogP contribution in [0.3, 0.4) is 0 Å². The zero-order chi connectivity index (χ0) is 17.1. The number of nitrogens with one attached hydrogen (secondary N) is 1. The minimum absolute atomic E-state index is 0.199. The molecule has 1 N–H and O–H groups in total. The van der Waals surface area contributed by atoms with Gasteiger partial charge in [0.25, 0.3) is 5.91 Å². The molecule has 5 nitrogen and oxygen atoms in total. The maximum atomic E-state index is 12.4. The Labute approximate surface area is 148 Å². The lowest BCUT2D eigenvalue weighted by atomic mass is 10.2. The van der Waals surface area contributed by atoms with Crippen LogP contribution in [0.15, 0.2) is 79.1 Å². The first-order chi connectivity index (χ1) is 12.3. The molecule has 4 aromatic rings. The predicted molar refractivity (Wildman–Crippen MR) is 99.1 cm³/mol. The zero-order valence-electron chi connectivity index (χ0n) is 13.2. The third-order valence-electron chi connectivity index (χ3n) is 3.70. The summed E-state index contributed by atoms with van der Waals surface area (Å²) in [7, 11) is 0. The third-order valence-corrected chi connectivity index (χ3v) is 4.59. The van der Waals surface area contributed by atoms with Gasteiger partial charge in [0.15, 0.2) is 0 Å². The van der Waals surface area contributed by atoms with Crippen molar-refractivity contribution in [2.24, 2.45) is 0 Å². The monoisotopic (exact) mass is 346 g/mol. The number of amides is 1. The maximum absolute atomic E-state index is 12.4. The van der Waals surface area contributed by atoms with E-state index in [-0.39, 0.29) is 5.91 Å². The summed E-state index contributed by atoms with van der Waals surface area (Å²) < 4.78 is 1.98. The van der Waals surface area contributed by atoms with Crippen LogP contribution >= 0.6 is 11.3 Å². The van der Waals surface area contributed by atoms with E-state index in [4.69, 9.17) is 0 Å². The van der Waals surface area contributed by atoms with E-state index in [2.05, 4.69) is 15.5 Å². The van der Waals surface area contributed by atoms with Gasteiger partial charge in [0.2, 0.25) is 5.13 Å². The largest absolute Gasteiger partial charge is 0.324 e. The van der Waals surface area contributed by atoms with Gasteiger partial charge < -0.3 is 4.57 Å². The lowest BCUT2D eigenvalue weighted by Gasteiger charge is -2.05. The molecule has 0 fully saturated rings. The smallest absolute Gasteiger partial charge is 0.257 e. The summed E-state index contributed by atoms with van der Waals surface area (Å²) in [5.41, 5.74) is 2.56. The molecule has 25 heavy (non-hydrogen) atoms. The van der Waals surface area contributed by atoms with E-state index < -0.39 is 0 Å². The SMILES string of the molecule is O=C(Nc1nnc(-c2ccccc2)s1)c1ccc(-n2cccc2)cc1. The van der Waals surface area contributed by atoms with Crippen LogP contribution in [-0.2, 0) is 0 Å². The van der Waals surface area contributed by atoms with Gasteiger partial charge in [-0.3, -0.25) is 10.1 Å². The van der Waals surface area contributed by atoms with E-state index >= 15 is 0 Å². The molecule has 2 aromatic carbocycles. The van der Waals surface area contributed by atoms with Crippen molar-refractivity contribution < 1.29 is 4.79 Å². The van der Waals surface area contributed by atoms with Crippen LogP contribution < -0.4 is 5.32 Å². The highest BCUT2D eigenvalue weighted by molar-refractivity contribution is 7.18. The molecule has 0 radical (unpaired) electrons. The highest BCUT2D eigenvalue weighted by atomic mass is 32.1. The average molecular weight is 346 g/mol. The Bertz CT molecular complexity index is 976. The van der Waals surface area contributed by atoms with E-state index in [0.29, 0.717) is 10.7 Å². The summed E-state index contributed by atoms with van der Waals surface area (Å²) in [6, 6.07) is 21.1. The van der Waals surface area contributed by atoms with Gasteiger partial charge in [0.1, 0.15) is 5.01 Å².